The highest BCUT2D eigenvalue weighted by Crippen LogP contribution is 2.15. The van der Waals surface area contributed by atoms with E-state index in [1.165, 1.54) is 17.5 Å². The Morgan fingerprint density at radius 2 is 2.33 bits per heavy atom. The maximum Gasteiger partial charge on any atom is 0.257 e. The van der Waals surface area contributed by atoms with Crippen LogP contribution in [0.25, 0.3) is 0 Å². The number of aromatic nitrogens is 2. The zero-order chi connectivity index (χ0) is 15.3. The SMILES string of the molecule is CCc1ncc(S(=O)(=O)NCc2cc(C#CCO)cs2)[nH]1. The average molecular weight is 325 g/mol. The quantitative estimate of drug-likeness (QED) is 0.711. The Bertz CT molecular complexity index is 766. The number of aliphatic hydroxyl groups excluding tert-OH is 1. The number of aryl methyl sites for hydroxylation is 1. The van der Waals surface area contributed by atoms with Gasteiger partial charge in [0.1, 0.15) is 12.4 Å². The van der Waals surface area contributed by atoms with Crippen LogP contribution in [0.1, 0.15) is 23.2 Å². The van der Waals surface area contributed by atoms with E-state index < -0.39 is 10.0 Å². The van der Waals surface area contributed by atoms with E-state index in [-0.39, 0.29) is 18.2 Å². The van der Waals surface area contributed by atoms with Crippen LogP contribution in [0.15, 0.2) is 22.7 Å². The van der Waals surface area contributed by atoms with Crippen LogP contribution in [-0.4, -0.2) is 30.1 Å². The van der Waals surface area contributed by atoms with Crippen LogP contribution in [-0.2, 0) is 23.0 Å². The summed E-state index contributed by atoms with van der Waals surface area (Å²) < 4.78 is 26.7. The van der Waals surface area contributed by atoms with E-state index in [0.29, 0.717) is 12.2 Å². The molecule has 21 heavy (non-hydrogen) atoms. The molecule has 0 saturated heterocycles. The number of sulfonamides is 1. The van der Waals surface area contributed by atoms with Gasteiger partial charge in [-0.3, -0.25) is 0 Å². The minimum atomic E-state index is -3.59. The summed E-state index contributed by atoms with van der Waals surface area (Å²) in [7, 11) is -3.59. The van der Waals surface area contributed by atoms with Gasteiger partial charge in [0.25, 0.3) is 10.0 Å². The first kappa shape index (κ1) is 15.7. The van der Waals surface area contributed by atoms with Gasteiger partial charge in [0.05, 0.1) is 6.20 Å². The van der Waals surface area contributed by atoms with Crippen LogP contribution in [0.3, 0.4) is 0 Å². The lowest BCUT2D eigenvalue weighted by Crippen LogP contribution is -2.23. The van der Waals surface area contributed by atoms with E-state index >= 15 is 0 Å². The first-order valence-corrected chi connectivity index (χ1v) is 8.62. The molecule has 8 heteroatoms. The molecule has 0 radical (unpaired) electrons. The minimum absolute atomic E-state index is 0.0659. The maximum atomic E-state index is 12.1. The number of hydrogen-bond donors (Lipinski definition) is 3. The fourth-order valence-corrected chi connectivity index (χ4v) is 3.38. The fraction of sp³-hybridized carbons (Fsp3) is 0.308. The molecule has 2 rings (SSSR count). The van der Waals surface area contributed by atoms with E-state index in [4.69, 9.17) is 5.11 Å². The number of aromatic amines is 1. The molecular weight excluding hydrogens is 310 g/mol. The molecule has 0 atom stereocenters. The molecule has 0 aliphatic carbocycles. The van der Waals surface area contributed by atoms with Crippen molar-refractivity contribution < 1.29 is 13.5 Å². The van der Waals surface area contributed by atoms with Gasteiger partial charge in [-0.15, -0.1) is 11.3 Å². The van der Waals surface area contributed by atoms with E-state index in [0.717, 1.165) is 10.4 Å². The van der Waals surface area contributed by atoms with Gasteiger partial charge in [-0.05, 0) is 6.07 Å². The number of H-pyrrole nitrogens is 1. The summed E-state index contributed by atoms with van der Waals surface area (Å²) in [6.07, 6.45) is 1.96. The molecule has 0 spiro atoms. The van der Waals surface area contributed by atoms with Gasteiger partial charge in [0.2, 0.25) is 0 Å². The predicted octanol–water partition coefficient (Wildman–Crippen LogP) is 0.856. The molecule has 112 valence electrons. The Balaban J connectivity index is 2.03. The van der Waals surface area contributed by atoms with Crippen molar-refractivity contribution in [2.45, 2.75) is 24.9 Å². The van der Waals surface area contributed by atoms with Crippen molar-refractivity contribution in [2.24, 2.45) is 0 Å². The van der Waals surface area contributed by atoms with Gasteiger partial charge < -0.3 is 10.1 Å². The van der Waals surface area contributed by atoms with Crippen molar-refractivity contribution in [3.8, 4) is 11.8 Å². The van der Waals surface area contributed by atoms with Crippen molar-refractivity contribution >= 4 is 21.4 Å². The topological polar surface area (TPSA) is 95.1 Å². The van der Waals surface area contributed by atoms with Crippen LogP contribution in [0, 0.1) is 11.8 Å². The van der Waals surface area contributed by atoms with Crippen LogP contribution in [0.2, 0.25) is 0 Å². The summed E-state index contributed by atoms with van der Waals surface area (Å²) in [6, 6.07) is 1.79. The Morgan fingerprint density at radius 3 is 3.00 bits per heavy atom. The lowest BCUT2D eigenvalue weighted by atomic mass is 10.3. The standard InChI is InChI=1S/C13H15N3O3S2/c1-2-12-14-8-13(16-12)21(18,19)15-7-11-6-10(9-20-11)4-3-5-17/h6,8-9,15,17H,2,5,7H2,1H3,(H,14,16). The van der Waals surface area contributed by atoms with Crippen LogP contribution in [0.4, 0.5) is 0 Å². The minimum Gasteiger partial charge on any atom is -0.384 e. The fourth-order valence-electron chi connectivity index (χ4n) is 1.58. The van der Waals surface area contributed by atoms with Crippen LogP contribution < -0.4 is 4.72 Å². The van der Waals surface area contributed by atoms with Gasteiger partial charge in [-0.2, -0.15) is 0 Å². The third kappa shape index (κ3) is 4.15. The Morgan fingerprint density at radius 1 is 1.52 bits per heavy atom. The summed E-state index contributed by atoms with van der Waals surface area (Å²) in [5, 5.41) is 10.5. The first-order valence-electron chi connectivity index (χ1n) is 6.26. The normalized spacial score (nSPS) is 11.1. The smallest absolute Gasteiger partial charge is 0.257 e. The van der Waals surface area contributed by atoms with Crippen LogP contribution >= 0.6 is 11.3 Å². The number of thiophene rings is 1. The van der Waals surface area contributed by atoms with Gasteiger partial charge in [0, 0.05) is 28.8 Å². The predicted molar refractivity (Wildman–Crippen MR) is 80.3 cm³/mol. The molecule has 3 N–H and O–H groups in total. The van der Waals surface area contributed by atoms with E-state index in [2.05, 4.69) is 26.5 Å². The number of imidazole rings is 1. The number of rotatable bonds is 5. The maximum absolute atomic E-state index is 12.1. The molecule has 0 fully saturated rings. The van der Waals surface area contributed by atoms with E-state index in [9.17, 15) is 8.42 Å². The molecule has 0 bridgehead atoms. The molecule has 0 aromatic carbocycles. The molecule has 6 nitrogen and oxygen atoms in total. The number of hydrogen-bond acceptors (Lipinski definition) is 5. The molecule has 0 aliphatic heterocycles. The molecule has 0 aliphatic rings. The van der Waals surface area contributed by atoms with Crippen molar-refractivity contribution in [3.05, 3.63) is 33.9 Å². The Hall–Kier alpha value is -1.66. The Kier molecular flexibility index (Phi) is 5.14. The molecule has 0 saturated carbocycles. The average Bonchev–Trinajstić information content (AvgIpc) is 3.12. The van der Waals surface area contributed by atoms with E-state index in [1.54, 1.807) is 6.07 Å². The summed E-state index contributed by atoms with van der Waals surface area (Å²) in [5.74, 6) is 5.95. The van der Waals surface area contributed by atoms with Gasteiger partial charge >= 0.3 is 0 Å². The highest BCUT2D eigenvalue weighted by molar-refractivity contribution is 7.89. The molecule has 2 aromatic rings. The third-order valence-corrected chi connectivity index (χ3v) is 4.88. The van der Waals surface area contributed by atoms with Gasteiger partial charge in [0.15, 0.2) is 5.03 Å². The third-order valence-electron chi connectivity index (χ3n) is 2.63. The number of nitrogens with one attached hydrogen (secondary N) is 2. The molecule has 2 heterocycles. The monoisotopic (exact) mass is 325 g/mol. The lowest BCUT2D eigenvalue weighted by molar-refractivity contribution is 0.350. The van der Waals surface area contributed by atoms with Crippen molar-refractivity contribution in [3.63, 3.8) is 0 Å². The zero-order valence-corrected chi connectivity index (χ0v) is 13.0. The van der Waals surface area contributed by atoms with Crippen molar-refractivity contribution in [1.29, 1.82) is 0 Å². The summed E-state index contributed by atoms with van der Waals surface area (Å²) in [4.78, 5) is 7.59. The summed E-state index contributed by atoms with van der Waals surface area (Å²) in [5.41, 5.74) is 0.762. The Labute approximate surface area is 127 Å². The second-order valence-corrected chi connectivity index (χ2v) is 6.86. The van der Waals surface area contributed by atoms with Crippen molar-refractivity contribution in [1.82, 2.24) is 14.7 Å². The molecule has 0 amide bonds. The summed E-state index contributed by atoms with van der Waals surface area (Å²) in [6.45, 7) is 1.88. The van der Waals surface area contributed by atoms with Crippen molar-refractivity contribution in [2.75, 3.05) is 6.61 Å². The van der Waals surface area contributed by atoms with Crippen LogP contribution in [0.5, 0.6) is 0 Å². The largest absolute Gasteiger partial charge is 0.384 e. The summed E-state index contributed by atoms with van der Waals surface area (Å²) >= 11 is 1.41. The zero-order valence-electron chi connectivity index (χ0n) is 11.4. The second kappa shape index (κ2) is 6.87. The lowest BCUT2D eigenvalue weighted by Gasteiger charge is -2.02. The van der Waals surface area contributed by atoms with E-state index in [1.807, 2.05) is 12.3 Å². The number of nitrogens with zero attached hydrogens (tertiary/aromatic N) is 1. The highest BCUT2D eigenvalue weighted by atomic mass is 32.2. The molecule has 2 aromatic heterocycles. The molecule has 0 unspecified atom stereocenters. The highest BCUT2D eigenvalue weighted by Gasteiger charge is 2.16. The molecular formula is C13H15N3O3S2. The second-order valence-electron chi connectivity index (χ2n) is 4.13. The van der Waals surface area contributed by atoms with Gasteiger partial charge in [-0.25, -0.2) is 18.1 Å². The first-order chi connectivity index (χ1) is 10.0. The van der Waals surface area contributed by atoms with Gasteiger partial charge in [-0.1, -0.05) is 18.8 Å². The number of aliphatic hydroxyl groups is 1.